The Kier molecular flexibility index (Phi) is 1.04. The van der Waals surface area contributed by atoms with Crippen molar-refractivity contribution >= 4 is 6.21 Å². The summed E-state index contributed by atoms with van der Waals surface area (Å²) >= 11 is 0. The van der Waals surface area contributed by atoms with Gasteiger partial charge in [0.25, 0.3) is 0 Å². The molecule has 48 valence electrons. The highest BCUT2D eigenvalue weighted by atomic mass is 15.5. The summed E-state index contributed by atoms with van der Waals surface area (Å²) in [6.45, 7) is 1.02. The third kappa shape index (κ3) is 0.745. The van der Waals surface area contributed by atoms with E-state index in [-0.39, 0.29) is 0 Å². The Morgan fingerprint density at radius 3 is 3.22 bits per heavy atom. The quantitative estimate of drug-likeness (QED) is 0.438. The molecule has 1 atom stereocenters. The first-order valence-corrected chi connectivity index (χ1v) is 3.41. The van der Waals surface area contributed by atoms with E-state index >= 15 is 0 Å². The fourth-order valence-corrected chi connectivity index (χ4v) is 1.34. The van der Waals surface area contributed by atoms with Crippen LogP contribution in [0.4, 0.5) is 0 Å². The van der Waals surface area contributed by atoms with Crippen LogP contribution in [0.5, 0.6) is 0 Å². The minimum absolute atomic E-state index is 0.690. The molecule has 0 bridgehead atoms. The fourth-order valence-electron chi connectivity index (χ4n) is 1.34. The zero-order chi connectivity index (χ0) is 6.10. The van der Waals surface area contributed by atoms with Crippen LogP contribution in [0.1, 0.15) is 12.8 Å². The second-order valence-corrected chi connectivity index (χ2v) is 2.52. The van der Waals surface area contributed by atoms with Crippen LogP contribution in [0, 0.1) is 0 Å². The second-order valence-electron chi connectivity index (χ2n) is 2.52. The summed E-state index contributed by atoms with van der Waals surface area (Å²) < 4.78 is 0. The molecule has 1 unspecified atom stereocenters. The molecule has 0 fully saturated rings. The molecule has 0 saturated heterocycles. The van der Waals surface area contributed by atoms with Gasteiger partial charge in [-0.3, -0.25) is 5.01 Å². The summed E-state index contributed by atoms with van der Waals surface area (Å²) in [6.07, 6.45) is 8.76. The largest absolute Gasteiger partial charge is 0.290 e. The number of hydrazone groups is 1. The molecule has 9 heavy (non-hydrogen) atoms. The van der Waals surface area contributed by atoms with Crippen LogP contribution in [-0.4, -0.2) is 23.8 Å². The summed E-state index contributed by atoms with van der Waals surface area (Å²) in [5.41, 5.74) is 0. The van der Waals surface area contributed by atoms with E-state index in [1.54, 1.807) is 0 Å². The first kappa shape index (κ1) is 5.03. The molecule has 0 aliphatic carbocycles. The van der Waals surface area contributed by atoms with Gasteiger partial charge in [-0.1, -0.05) is 12.2 Å². The monoisotopic (exact) mass is 122 g/mol. The Morgan fingerprint density at radius 2 is 2.33 bits per heavy atom. The van der Waals surface area contributed by atoms with Crippen LogP contribution in [0.3, 0.4) is 0 Å². The van der Waals surface area contributed by atoms with Gasteiger partial charge in [-0.05, 0) is 6.42 Å². The molecule has 0 spiro atoms. The van der Waals surface area contributed by atoms with Crippen molar-refractivity contribution in [3.8, 4) is 0 Å². The van der Waals surface area contributed by atoms with Crippen molar-refractivity contribution in [3.63, 3.8) is 0 Å². The molecule has 0 radical (unpaired) electrons. The van der Waals surface area contributed by atoms with E-state index in [1.807, 2.05) is 6.21 Å². The Labute approximate surface area is 54.9 Å². The van der Waals surface area contributed by atoms with E-state index in [9.17, 15) is 0 Å². The molecular formula is C7H10N2. The topological polar surface area (TPSA) is 15.6 Å². The molecule has 0 saturated carbocycles. The summed E-state index contributed by atoms with van der Waals surface area (Å²) in [5, 5.41) is 6.37. The van der Waals surface area contributed by atoms with E-state index < -0.39 is 0 Å². The van der Waals surface area contributed by atoms with Crippen LogP contribution in [0.2, 0.25) is 0 Å². The van der Waals surface area contributed by atoms with Gasteiger partial charge in [0.15, 0.2) is 0 Å². The molecule has 2 nitrogen and oxygen atoms in total. The summed E-state index contributed by atoms with van der Waals surface area (Å²) in [6, 6.07) is 0.690. The minimum Gasteiger partial charge on any atom is -0.290 e. The molecule has 2 aliphatic rings. The molecule has 2 heterocycles. The minimum atomic E-state index is 0.690. The maximum atomic E-state index is 4.21. The van der Waals surface area contributed by atoms with Crippen molar-refractivity contribution in [2.45, 2.75) is 18.9 Å². The third-order valence-electron chi connectivity index (χ3n) is 1.90. The zero-order valence-corrected chi connectivity index (χ0v) is 5.33. The summed E-state index contributed by atoms with van der Waals surface area (Å²) in [4.78, 5) is 0. The van der Waals surface area contributed by atoms with E-state index in [4.69, 9.17) is 0 Å². The van der Waals surface area contributed by atoms with Gasteiger partial charge in [0.2, 0.25) is 0 Å². The molecular weight excluding hydrogens is 112 g/mol. The van der Waals surface area contributed by atoms with Gasteiger partial charge in [0, 0.05) is 12.6 Å². The number of hydrogen-bond donors (Lipinski definition) is 0. The van der Waals surface area contributed by atoms with Crippen molar-refractivity contribution in [1.82, 2.24) is 5.01 Å². The molecule has 0 amide bonds. The van der Waals surface area contributed by atoms with Gasteiger partial charge in [-0.2, -0.15) is 5.10 Å². The van der Waals surface area contributed by atoms with E-state index in [0.717, 1.165) is 13.0 Å². The average molecular weight is 122 g/mol. The molecule has 0 aromatic heterocycles. The van der Waals surface area contributed by atoms with E-state index in [1.165, 1.54) is 6.42 Å². The number of nitrogens with zero attached hydrogens (tertiary/aromatic N) is 2. The van der Waals surface area contributed by atoms with Crippen LogP contribution < -0.4 is 0 Å². The van der Waals surface area contributed by atoms with Crippen LogP contribution in [0.15, 0.2) is 17.3 Å². The van der Waals surface area contributed by atoms with Gasteiger partial charge < -0.3 is 0 Å². The second kappa shape index (κ2) is 1.87. The van der Waals surface area contributed by atoms with Crippen molar-refractivity contribution in [2.75, 3.05) is 6.54 Å². The van der Waals surface area contributed by atoms with E-state index in [0.29, 0.717) is 6.04 Å². The Morgan fingerprint density at radius 1 is 1.33 bits per heavy atom. The van der Waals surface area contributed by atoms with E-state index in [2.05, 4.69) is 22.3 Å². The maximum Gasteiger partial charge on any atom is 0.0558 e. The predicted molar refractivity (Wildman–Crippen MR) is 37.4 cm³/mol. The smallest absolute Gasteiger partial charge is 0.0558 e. The van der Waals surface area contributed by atoms with Crippen molar-refractivity contribution in [1.29, 1.82) is 0 Å². The maximum absolute atomic E-state index is 4.21. The molecule has 2 rings (SSSR count). The molecule has 0 aromatic carbocycles. The highest BCUT2D eigenvalue weighted by Crippen LogP contribution is 2.17. The number of rotatable bonds is 0. The normalized spacial score (nSPS) is 31.1. The summed E-state index contributed by atoms with van der Waals surface area (Å²) in [7, 11) is 0. The fraction of sp³-hybridized carbons (Fsp3) is 0.571. The Balaban J connectivity index is 2.13. The molecule has 2 aliphatic heterocycles. The van der Waals surface area contributed by atoms with Gasteiger partial charge >= 0.3 is 0 Å². The molecule has 2 heteroatoms. The van der Waals surface area contributed by atoms with Crippen LogP contribution in [0.25, 0.3) is 0 Å². The first-order valence-electron chi connectivity index (χ1n) is 3.41. The van der Waals surface area contributed by atoms with Crippen LogP contribution in [-0.2, 0) is 0 Å². The van der Waals surface area contributed by atoms with Crippen molar-refractivity contribution in [3.05, 3.63) is 12.2 Å². The number of hydrogen-bond acceptors (Lipinski definition) is 2. The SMILES string of the molecule is C1=CCN2N=CCC2C1. The molecule has 0 N–H and O–H groups in total. The lowest BCUT2D eigenvalue weighted by atomic mass is 10.1. The van der Waals surface area contributed by atoms with Gasteiger partial charge in [-0.25, -0.2) is 0 Å². The van der Waals surface area contributed by atoms with Crippen molar-refractivity contribution < 1.29 is 0 Å². The Bertz CT molecular complexity index is 160. The molecule has 0 aromatic rings. The standard InChI is InChI=1S/C7H10N2/c1-2-6-9-7(3-1)4-5-8-9/h1-2,5,7H,3-4,6H2. The average Bonchev–Trinajstić information content (AvgIpc) is 2.33. The van der Waals surface area contributed by atoms with Gasteiger partial charge in [0.05, 0.1) is 12.6 Å². The lowest BCUT2D eigenvalue weighted by molar-refractivity contribution is 0.247. The first-order chi connectivity index (χ1) is 4.47. The lowest BCUT2D eigenvalue weighted by Gasteiger charge is -2.24. The highest BCUT2D eigenvalue weighted by molar-refractivity contribution is 5.60. The zero-order valence-electron chi connectivity index (χ0n) is 5.33. The lowest BCUT2D eigenvalue weighted by Crippen LogP contribution is -2.28. The van der Waals surface area contributed by atoms with Crippen LogP contribution >= 0.6 is 0 Å². The number of fused-ring (bicyclic) bond motifs is 1. The highest BCUT2D eigenvalue weighted by Gasteiger charge is 2.19. The van der Waals surface area contributed by atoms with Crippen molar-refractivity contribution in [2.24, 2.45) is 5.10 Å². The Hall–Kier alpha value is -0.790. The van der Waals surface area contributed by atoms with Gasteiger partial charge in [-0.15, -0.1) is 0 Å². The van der Waals surface area contributed by atoms with Gasteiger partial charge in [0.1, 0.15) is 0 Å². The predicted octanol–water partition coefficient (Wildman–Crippen LogP) is 1.01. The summed E-state index contributed by atoms with van der Waals surface area (Å²) in [5.74, 6) is 0. The third-order valence-corrected chi connectivity index (χ3v) is 1.90.